The molecule has 44 heavy (non-hydrogen) atoms. The molecule has 0 saturated heterocycles. The first-order valence-electron chi connectivity index (χ1n) is 13.1. The lowest BCUT2D eigenvalue weighted by atomic mass is 10.00. The summed E-state index contributed by atoms with van der Waals surface area (Å²) in [5.41, 5.74) is 3.14. The molecule has 1 unspecified atom stereocenters. The largest absolute Gasteiger partial charge is 0.453 e. The number of tetrazole rings is 1. The smallest absolute Gasteiger partial charge is 0.411 e. The quantitative estimate of drug-likeness (QED) is 0.205. The Kier molecular flexibility index (Phi) is 9.16. The molecule has 12 nitrogen and oxygen atoms in total. The maximum Gasteiger partial charge on any atom is 0.411 e. The van der Waals surface area contributed by atoms with Gasteiger partial charge >= 0.3 is 6.09 Å². The number of H-pyrrole nitrogens is 1. The van der Waals surface area contributed by atoms with Gasteiger partial charge in [0.05, 0.1) is 30.1 Å². The van der Waals surface area contributed by atoms with E-state index in [2.05, 4.69) is 41.1 Å². The summed E-state index contributed by atoms with van der Waals surface area (Å²) in [5, 5.41) is 23.8. The van der Waals surface area contributed by atoms with Crippen molar-refractivity contribution in [1.82, 2.24) is 35.7 Å². The number of hydrogen-bond donors (Lipinski definition) is 3. The zero-order chi connectivity index (χ0) is 31.1. The number of aromatic amines is 1. The summed E-state index contributed by atoms with van der Waals surface area (Å²) in [6.45, 7) is 0. The molecule has 0 radical (unpaired) electrons. The molecule has 14 heteroatoms. The highest BCUT2D eigenvalue weighted by Gasteiger charge is 2.19. The number of nitrogens with one attached hydrogen (secondary N) is 3. The third-order valence-electron chi connectivity index (χ3n) is 6.48. The van der Waals surface area contributed by atoms with E-state index in [1.807, 2.05) is 0 Å². The zero-order valence-electron chi connectivity index (χ0n) is 23.1. The van der Waals surface area contributed by atoms with Crippen LogP contribution in [0.4, 0.5) is 14.9 Å². The molecule has 1 atom stereocenters. The molecule has 0 aliphatic rings. The minimum Gasteiger partial charge on any atom is -0.453 e. The molecule has 3 N–H and O–H groups in total. The summed E-state index contributed by atoms with van der Waals surface area (Å²) in [7, 11) is 1.25. The highest BCUT2D eigenvalue weighted by atomic mass is 35.5. The van der Waals surface area contributed by atoms with Crippen molar-refractivity contribution in [3.63, 3.8) is 0 Å². The third-order valence-corrected chi connectivity index (χ3v) is 6.71. The van der Waals surface area contributed by atoms with E-state index in [4.69, 9.17) is 11.6 Å². The monoisotopic (exact) mass is 614 g/mol. The van der Waals surface area contributed by atoms with Crippen LogP contribution in [0.2, 0.25) is 5.02 Å². The molecule has 0 saturated carbocycles. The van der Waals surface area contributed by atoms with Crippen LogP contribution in [0.1, 0.15) is 22.9 Å². The maximum atomic E-state index is 13.6. The Morgan fingerprint density at radius 3 is 2.57 bits per heavy atom. The van der Waals surface area contributed by atoms with Crippen LogP contribution in [0.3, 0.4) is 0 Å². The summed E-state index contributed by atoms with van der Waals surface area (Å²) in [5.74, 6) is -0.862. The van der Waals surface area contributed by atoms with E-state index in [9.17, 15) is 18.8 Å². The van der Waals surface area contributed by atoms with Gasteiger partial charge in [-0.25, -0.2) is 14.3 Å². The number of ether oxygens (including phenoxy) is 1. The molecule has 5 rings (SSSR count). The fourth-order valence-corrected chi connectivity index (χ4v) is 4.51. The molecule has 0 bridgehead atoms. The Labute approximate surface area is 254 Å². The fourth-order valence-electron chi connectivity index (χ4n) is 4.33. The van der Waals surface area contributed by atoms with E-state index in [1.54, 1.807) is 66.7 Å². The van der Waals surface area contributed by atoms with E-state index >= 15 is 0 Å². The molecule has 0 aliphatic heterocycles. The van der Waals surface area contributed by atoms with Crippen molar-refractivity contribution in [2.45, 2.75) is 12.5 Å². The first kappa shape index (κ1) is 29.8. The molecule has 5 aromatic rings. The first-order chi connectivity index (χ1) is 21.3. The van der Waals surface area contributed by atoms with Crippen LogP contribution in [0.5, 0.6) is 0 Å². The van der Waals surface area contributed by atoms with Gasteiger partial charge in [-0.15, -0.1) is 5.10 Å². The van der Waals surface area contributed by atoms with Gasteiger partial charge in [-0.2, -0.15) is 9.78 Å². The van der Waals surface area contributed by atoms with Crippen molar-refractivity contribution in [3.05, 3.63) is 123 Å². The average Bonchev–Trinajstić information content (AvgIpc) is 3.56. The van der Waals surface area contributed by atoms with Crippen molar-refractivity contribution in [2.75, 3.05) is 12.4 Å². The van der Waals surface area contributed by atoms with Crippen molar-refractivity contribution in [3.8, 4) is 16.8 Å². The molecule has 222 valence electrons. The molecular formula is C30H24ClFN8O4. The number of benzene rings is 3. The van der Waals surface area contributed by atoms with Crippen LogP contribution in [-0.2, 0) is 16.0 Å². The molecule has 3 aromatic carbocycles. The Bertz CT molecular complexity index is 1860. The highest BCUT2D eigenvalue weighted by molar-refractivity contribution is 6.30. The van der Waals surface area contributed by atoms with Crippen LogP contribution in [0, 0.1) is 5.82 Å². The van der Waals surface area contributed by atoms with Gasteiger partial charge in [-0.3, -0.25) is 14.9 Å². The van der Waals surface area contributed by atoms with Gasteiger partial charge in [0.15, 0.2) is 0 Å². The van der Waals surface area contributed by atoms with Crippen molar-refractivity contribution < 1.29 is 18.7 Å². The lowest BCUT2D eigenvalue weighted by Crippen LogP contribution is -2.30. The van der Waals surface area contributed by atoms with E-state index < -0.39 is 29.4 Å². The minimum atomic E-state index is -0.716. The van der Waals surface area contributed by atoms with Crippen molar-refractivity contribution >= 4 is 35.4 Å². The molecular weight excluding hydrogens is 591 g/mol. The van der Waals surface area contributed by atoms with Gasteiger partial charge in [0.2, 0.25) is 5.91 Å². The Hall–Kier alpha value is -5.69. The Morgan fingerprint density at radius 1 is 1.09 bits per heavy atom. The van der Waals surface area contributed by atoms with Crippen LogP contribution < -0.4 is 16.2 Å². The normalized spacial score (nSPS) is 11.7. The summed E-state index contributed by atoms with van der Waals surface area (Å²) >= 11 is 6.19. The number of nitrogens with zero attached hydrogens (tertiary/aromatic N) is 5. The molecule has 0 aliphatic carbocycles. The first-order valence-corrected chi connectivity index (χ1v) is 13.5. The fraction of sp³-hybridized carbons (Fsp3) is 0.100. The van der Waals surface area contributed by atoms with Gasteiger partial charge in [0.25, 0.3) is 5.56 Å². The maximum absolute atomic E-state index is 13.6. The lowest BCUT2D eigenvalue weighted by molar-refractivity contribution is -0.117. The second-order valence-electron chi connectivity index (χ2n) is 9.41. The summed E-state index contributed by atoms with van der Waals surface area (Å²) in [6.07, 6.45) is 3.94. The number of carbonyl (C=O) groups excluding carboxylic acids is 2. The highest BCUT2D eigenvalue weighted by Crippen LogP contribution is 2.24. The van der Waals surface area contributed by atoms with E-state index in [-0.39, 0.29) is 6.42 Å². The molecule has 2 aromatic heterocycles. The number of methoxy groups -OCH3 is 1. The van der Waals surface area contributed by atoms with Gasteiger partial charge in [0, 0.05) is 22.3 Å². The van der Waals surface area contributed by atoms with Crippen molar-refractivity contribution in [1.29, 1.82) is 0 Å². The number of halogens is 2. The predicted molar refractivity (Wildman–Crippen MR) is 161 cm³/mol. The number of anilines is 1. The van der Waals surface area contributed by atoms with E-state index in [0.29, 0.717) is 38.8 Å². The van der Waals surface area contributed by atoms with Gasteiger partial charge in [0.1, 0.15) is 12.1 Å². The number of carbonyl (C=O) groups is 2. The lowest BCUT2D eigenvalue weighted by Gasteiger charge is -2.18. The number of aromatic nitrogens is 6. The Balaban J connectivity index is 1.43. The SMILES string of the molecule is COC(=O)Nc1ccc(-c2cc(C(Cc3ccc(F)cc3)NC(=O)C=Cc3cc(Cl)ccc3-n3cnnn3)n[nH]c2=O)cc1. The standard InChI is InChI=1S/C30H24ClFN8O4/c1-44-30(43)34-23-10-4-19(5-11-23)24-16-26(36-37-29(24)42)25(14-18-2-8-22(32)9-3-18)35-28(41)13-6-20-15-21(31)7-12-27(20)40-17-33-38-39-40/h2-13,15-17,25H,14H2,1H3,(H,34,43)(H,35,41)(H,37,42). The summed E-state index contributed by atoms with van der Waals surface area (Å²) < 4.78 is 19.6. The third kappa shape index (κ3) is 7.38. The molecule has 2 amide bonds. The second-order valence-corrected chi connectivity index (χ2v) is 9.85. The summed E-state index contributed by atoms with van der Waals surface area (Å²) in [6, 6.07) is 18.3. The Morgan fingerprint density at radius 2 is 1.86 bits per heavy atom. The van der Waals surface area contributed by atoms with Crippen molar-refractivity contribution in [2.24, 2.45) is 0 Å². The van der Waals surface area contributed by atoms with Gasteiger partial charge in [-0.05, 0) is 82.6 Å². The predicted octanol–water partition coefficient (Wildman–Crippen LogP) is 4.50. The van der Waals surface area contributed by atoms with Crippen LogP contribution in [0.25, 0.3) is 22.9 Å². The van der Waals surface area contributed by atoms with Gasteiger partial charge in [-0.1, -0.05) is 35.9 Å². The number of rotatable bonds is 9. The van der Waals surface area contributed by atoms with E-state index in [1.165, 1.54) is 36.3 Å². The summed E-state index contributed by atoms with van der Waals surface area (Å²) in [4.78, 5) is 37.5. The van der Waals surface area contributed by atoms with Gasteiger partial charge < -0.3 is 10.1 Å². The topological polar surface area (TPSA) is 157 Å². The number of hydrogen-bond acceptors (Lipinski definition) is 8. The molecule has 0 fully saturated rings. The minimum absolute atomic E-state index is 0.243. The average molecular weight is 615 g/mol. The molecule has 2 heterocycles. The second kappa shape index (κ2) is 13.5. The van der Waals surface area contributed by atoms with Crippen LogP contribution in [-0.4, -0.2) is 49.5 Å². The zero-order valence-corrected chi connectivity index (χ0v) is 23.8. The molecule has 0 spiro atoms. The van der Waals surface area contributed by atoms with E-state index in [0.717, 1.165) is 5.56 Å². The van der Waals surface area contributed by atoms with Crippen LogP contribution in [0.15, 0.2) is 90.0 Å². The number of amides is 2. The van der Waals surface area contributed by atoms with Crippen LogP contribution >= 0.6 is 11.6 Å².